The summed E-state index contributed by atoms with van der Waals surface area (Å²) in [7, 11) is 1.45. The molecule has 88 valence electrons. The Morgan fingerprint density at radius 1 is 1.44 bits per heavy atom. The van der Waals surface area contributed by atoms with Crippen LogP contribution in [0.15, 0.2) is 29.2 Å². The number of carbonyl (C=O) groups excluding carboxylic acids is 1. The molecule has 1 aromatic carbocycles. The van der Waals surface area contributed by atoms with Crippen LogP contribution in [0, 0.1) is 5.92 Å². The second-order valence-corrected chi connectivity index (χ2v) is 4.64. The second-order valence-electron chi connectivity index (χ2n) is 3.87. The van der Waals surface area contributed by atoms with Crippen molar-refractivity contribution in [3.63, 3.8) is 0 Å². The largest absolute Gasteiger partial charge is 0.294 e. The molecule has 0 amide bonds. The number of rotatable bonds is 6. The highest BCUT2D eigenvalue weighted by Gasteiger charge is 2.09. The van der Waals surface area contributed by atoms with Gasteiger partial charge in [0, 0.05) is 16.9 Å². The zero-order chi connectivity index (χ0) is 12.0. The van der Waals surface area contributed by atoms with Crippen LogP contribution >= 0.6 is 12.0 Å². The minimum Gasteiger partial charge on any atom is -0.294 e. The molecule has 0 saturated heterocycles. The fraction of sp³-hybridized carbons (Fsp3) is 0.417. The van der Waals surface area contributed by atoms with E-state index in [2.05, 4.69) is 4.89 Å². The molecule has 0 aliphatic carbocycles. The SMILES string of the molecule is COOSc1cccc(C(=O)CC(C)C)c1. The van der Waals surface area contributed by atoms with Gasteiger partial charge in [0.1, 0.15) is 0 Å². The molecular weight excluding hydrogens is 224 g/mol. The summed E-state index contributed by atoms with van der Waals surface area (Å²) in [4.78, 5) is 17.1. The summed E-state index contributed by atoms with van der Waals surface area (Å²) < 4.78 is 4.74. The van der Waals surface area contributed by atoms with Gasteiger partial charge in [-0.3, -0.25) is 4.79 Å². The number of Topliss-reactive ketones (excluding diaryl/α,β-unsaturated/α-hetero) is 1. The van der Waals surface area contributed by atoms with Gasteiger partial charge >= 0.3 is 0 Å². The predicted molar refractivity (Wildman–Crippen MR) is 64.2 cm³/mol. The van der Waals surface area contributed by atoms with Crippen LogP contribution in [0.25, 0.3) is 0 Å². The fourth-order valence-electron chi connectivity index (χ4n) is 1.28. The normalized spacial score (nSPS) is 10.8. The van der Waals surface area contributed by atoms with E-state index in [0.717, 1.165) is 22.5 Å². The molecule has 0 aliphatic heterocycles. The molecule has 16 heavy (non-hydrogen) atoms. The molecule has 0 fully saturated rings. The maximum Gasteiger partial charge on any atom is 0.163 e. The first-order valence-electron chi connectivity index (χ1n) is 5.14. The van der Waals surface area contributed by atoms with Crippen molar-refractivity contribution in [2.45, 2.75) is 25.2 Å². The molecule has 0 aromatic heterocycles. The molecule has 1 aromatic rings. The number of hydrogen-bond acceptors (Lipinski definition) is 4. The molecule has 1 rings (SSSR count). The van der Waals surface area contributed by atoms with Gasteiger partial charge in [-0.2, -0.15) is 4.33 Å². The van der Waals surface area contributed by atoms with E-state index in [1.165, 1.54) is 7.11 Å². The standard InChI is InChI=1S/C12H16O3S/c1-9(2)7-12(13)10-5-4-6-11(8-10)16-15-14-3/h4-6,8-9H,7H2,1-3H3. The number of carbonyl (C=O) groups is 1. The summed E-state index contributed by atoms with van der Waals surface area (Å²) in [5, 5.41) is 0. The predicted octanol–water partition coefficient (Wildman–Crippen LogP) is 3.50. The van der Waals surface area contributed by atoms with Gasteiger partial charge in [-0.15, -0.1) is 0 Å². The lowest BCUT2D eigenvalue weighted by atomic mass is 10.0. The second kappa shape index (κ2) is 6.68. The van der Waals surface area contributed by atoms with Crippen molar-refractivity contribution in [2.75, 3.05) is 7.11 Å². The number of benzene rings is 1. The van der Waals surface area contributed by atoms with E-state index in [4.69, 9.17) is 4.33 Å². The molecule has 4 heteroatoms. The Bertz CT molecular complexity index is 350. The van der Waals surface area contributed by atoms with E-state index in [9.17, 15) is 4.79 Å². The number of hydrogen-bond donors (Lipinski definition) is 0. The molecule has 0 atom stereocenters. The van der Waals surface area contributed by atoms with Gasteiger partial charge in [-0.05, 0) is 18.1 Å². The van der Waals surface area contributed by atoms with E-state index in [1.54, 1.807) is 0 Å². The van der Waals surface area contributed by atoms with Gasteiger partial charge in [0.15, 0.2) is 5.78 Å². The van der Waals surface area contributed by atoms with Crippen LogP contribution in [-0.4, -0.2) is 12.9 Å². The highest BCUT2D eigenvalue weighted by Crippen LogP contribution is 2.21. The summed E-state index contributed by atoms with van der Waals surface area (Å²) in [5.74, 6) is 0.536. The van der Waals surface area contributed by atoms with Crippen LogP contribution in [0.5, 0.6) is 0 Å². The smallest absolute Gasteiger partial charge is 0.163 e. The van der Waals surface area contributed by atoms with Crippen molar-refractivity contribution in [3.05, 3.63) is 29.8 Å². The highest BCUT2D eigenvalue weighted by molar-refractivity contribution is 7.94. The molecule has 3 nitrogen and oxygen atoms in total. The average molecular weight is 240 g/mol. The summed E-state index contributed by atoms with van der Waals surface area (Å²) >= 11 is 1.10. The molecule has 0 unspecified atom stereocenters. The fourth-order valence-corrected chi connectivity index (χ4v) is 1.74. The molecular formula is C12H16O3S. The monoisotopic (exact) mass is 240 g/mol. The third-order valence-electron chi connectivity index (χ3n) is 1.95. The summed E-state index contributed by atoms with van der Waals surface area (Å²) in [6, 6.07) is 7.35. The zero-order valence-corrected chi connectivity index (χ0v) is 10.5. The van der Waals surface area contributed by atoms with Gasteiger partial charge in [0.2, 0.25) is 0 Å². The summed E-state index contributed by atoms with van der Waals surface area (Å²) in [6.45, 7) is 4.06. The quantitative estimate of drug-likeness (QED) is 0.330. The van der Waals surface area contributed by atoms with Crippen molar-refractivity contribution < 1.29 is 14.0 Å². The van der Waals surface area contributed by atoms with Crippen molar-refractivity contribution in [2.24, 2.45) is 5.92 Å². The van der Waals surface area contributed by atoms with Gasteiger partial charge in [0.25, 0.3) is 0 Å². The molecule has 0 radical (unpaired) electrons. The first-order valence-corrected chi connectivity index (χ1v) is 5.88. The van der Waals surface area contributed by atoms with Crippen LogP contribution in [0.2, 0.25) is 0 Å². The summed E-state index contributed by atoms with van der Waals surface area (Å²) in [6.07, 6.45) is 0.569. The Labute approximate surface area is 100 Å². The maximum atomic E-state index is 11.8. The molecule has 0 saturated carbocycles. The van der Waals surface area contributed by atoms with Gasteiger partial charge in [-0.25, -0.2) is 4.89 Å². The third kappa shape index (κ3) is 4.35. The van der Waals surface area contributed by atoms with Crippen molar-refractivity contribution in [3.8, 4) is 0 Å². The van der Waals surface area contributed by atoms with E-state index in [0.29, 0.717) is 12.3 Å². The minimum absolute atomic E-state index is 0.162. The van der Waals surface area contributed by atoms with E-state index in [-0.39, 0.29) is 5.78 Å². The lowest BCUT2D eigenvalue weighted by Gasteiger charge is -2.05. The first kappa shape index (κ1) is 13.2. The van der Waals surface area contributed by atoms with Gasteiger partial charge in [-0.1, -0.05) is 26.0 Å². The maximum absolute atomic E-state index is 11.8. The Hall–Kier alpha value is -0.840. The molecule has 0 N–H and O–H groups in total. The van der Waals surface area contributed by atoms with Crippen LogP contribution in [0.4, 0.5) is 0 Å². The lowest BCUT2D eigenvalue weighted by molar-refractivity contribution is -0.160. The minimum atomic E-state index is 0.162. The number of ketones is 1. The van der Waals surface area contributed by atoms with Crippen LogP contribution in [0.1, 0.15) is 30.6 Å². The highest BCUT2D eigenvalue weighted by atomic mass is 32.2. The van der Waals surface area contributed by atoms with Gasteiger partial charge in [0.05, 0.1) is 19.2 Å². The van der Waals surface area contributed by atoms with Crippen LogP contribution in [-0.2, 0) is 9.22 Å². The van der Waals surface area contributed by atoms with E-state index in [1.807, 2.05) is 38.1 Å². The van der Waals surface area contributed by atoms with Crippen molar-refractivity contribution >= 4 is 17.8 Å². The average Bonchev–Trinajstić information content (AvgIpc) is 2.26. The Morgan fingerprint density at radius 3 is 2.81 bits per heavy atom. The third-order valence-corrected chi connectivity index (χ3v) is 2.60. The molecule has 0 heterocycles. The Morgan fingerprint density at radius 2 is 2.19 bits per heavy atom. The van der Waals surface area contributed by atoms with Crippen molar-refractivity contribution in [1.29, 1.82) is 0 Å². The van der Waals surface area contributed by atoms with E-state index >= 15 is 0 Å². The van der Waals surface area contributed by atoms with Crippen molar-refractivity contribution in [1.82, 2.24) is 0 Å². The lowest BCUT2D eigenvalue weighted by Crippen LogP contribution is -2.03. The molecule has 0 aliphatic rings. The van der Waals surface area contributed by atoms with Crippen LogP contribution < -0.4 is 0 Å². The van der Waals surface area contributed by atoms with E-state index < -0.39 is 0 Å². The summed E-state index contributed by atoms with van der Waals surface area (Å²) in [5.41, 5.74) is 0.721. The first-order chi connectivity index (χ1) is 7.63. The van der Waals surface area contributed by atoms with Crippen LogP contribution in [0.3, 0.4) is 0 Å². The Kier molecular flexibility index (Phi) is 5.52. The zero-order valence-electron chi connectivity index (χ0n) is 9.73. The molecule has 0 bridgehead atoms. The molecule has 0 spiro atoms. The Balaban J connectivity index is 2.69. The topological polar surface area (TPSA) is 35.5 Å². The van der Waals surface area contributed by atoms with Gasteiger partial charge < -0.3 is 0 Å².